The molecule has 0 radical (unpaired) electrons. The molecule has 0 aromatic rings. The summed E-state index contributed by atoms with van der Waals surface area (Å²) in [6, 6.07) is 0.514. The molecule has 2 N–H and O–H groups in total. The van der Waals surface area contributed by atoms with Crippen molar-refractivity contribution in [1.82, 2.24) is 10.6 Å². The zero-order chi connectivity index (χ0) is 18.5. The summed E-state index contributed by atoms with van der Waals surface area (Å²) in [5.41, 5.74) is 2.63. The molecule has 6 atom stereocenters. The van der Waals surface area contributed by atoms with E-state index in [-0.39, 0.29) is 0 Å². The van der Waals surface area contributed by atoms with E-state index >= 15 is 0 Å². The number of fused-ring (bicyclic) bond motifs is 5. The van der Waals surface area contributed by atoms with Gasteiger partial charge in [0.25, 0.3) is 0 Å². The molecule has 26 heavy (non-hydrogen) atoms. The van der Waals surface area contributed by atoms with Crippen LogP contribution < -0.4 is 10.6 Å². The molecular formula is C22H33IN2S. The smallest absolute Gasteiger partial charge is 0.166 e. The topological polar surface area (TPSA) is 24.1 Å². The van der Waals surface area contributed by atoms with E-state index in [0.29, 0.717) is 16.9 Å². The van der Waals surface area contributed by atoms with Gasteiger partial charge in [0.05, 0.1) is 0 Å². The first kappa shape index (κ1) is 19.2. The number of halogens is 1. The van der Waals surface area contributed by atoms with E-state index in [1.807, 2.05) is 0 Å². The highest BCUT2D eigenvalue weighted by atomic mass is 127. The maximum absolute atomic E-state index is 5.43. The van der Waals surface area contributed by atoms with E-state index in [4.69, 9.17) is 12.2 Å². The molecule has 0 aliphatic heterocycles. The minimum absolute atomic E-state index is 0.427. The van der Waals surface area contributed by atoms with Crippen LogP contribution in [0.15, 0.2) is 21.3 Å². The molecule has 4 aliphatic carbocycles. The molecule has 0 heterocycles. The monoisotopic (exact) mass is 484 g/mol. The fourth-order valence-corrected chi connectivity index (χ4v) is 7.93. The highest BCUT2D eigenvalue weighted by Gasteiger charge is 2.56. The van der Waals surface area contributed by atoms with Crippen LogP contribution in [-0.4, -0.2) is 17.7 Å². The standard InChI is InChI=1S/C22H33IN2S/c1-4-24-20(26)25-15-9-11-21(2)14(13-15)5-6-16-17-7-8-19(23)22(17,3)12-10-18(16)21/h5,8,15-18H,4,6-7,9-13H2,1-3H3,(H2,24,25,26)/t15-,16+,17+,18+,21+,22+/m1/s1. The maximum Gasteiger partial charge on any atom is 0.166 e. The molecular weight excluding hydrogens is 451 g/mol. The Morgan fingerprint density at radius 1 is 1.15 bits per heavy atom. The second kappa shape index (κ2) is 7.06. The first-order valence-corrected chi connectivity index (χ1v) is 12.0. The Morgan fingerprint density at radius 2 is 1.92 bits per heavy atom. The average Bonchev–Trinajstić information content (AvgIpc) is 2.91. The molecule has 4 rings (SSSR count). The second-order valence-electron chi connectivity index (χ2n) is 9.45. The summed E-state index contributed by atoms with van der Waals surface area (Å²) < 4.78 is 1.64. The van der Waals surface area contributed by atoms with Gasteiger partial charge >= 0.3 is 0 Å². The summed E-state index contributed by atoms with van der Waals surface area (Å²) in [7, 11) is 0. The van der Waals surface area contributed by atoms with Gasteiger partial charge in [-0.1, -0.05) is 31.6 Å². The SMILES string of the molecule is CCNC(=S)N[C@@H]1CC[C@@]2(C)C(=CC[C@@H]3[C@@H]2CC[C@]2(C)C(I)=CC[C@@H]32)C1. The first-order chi connectivity index (χ1) is 12.4. The molecule has 0 spiro atoms. The van der Waals surface area contributed by atoms with Crippen LogP contribution in [0.2, 0.25) is 0 Å². The van der Waals surface area contributed by atoms with Crippen molar-refractivity contribution < 1.29 is 0 Å². The van der Waals surface area contributed by atoms with E-state index in [1.54, 1.807) is 9.15 Å². The highest BCUT2D eigenvalue weighted by molar-refractivity contribution is 14.1. The number of hydrogen-bond donors (Lipinski definition) is 2. The Kier molecular flexibility index (Phi) is 5.22. The predicted molar refractivity (Wildman–Crippen MR) is 122 cm³/mol. The summed E-state index contributed by atoms with van der Waals surface area (Å²) in [5, 5.41) is 7.64. The van der Waals surface area contributed by atoms with Gasteiger partial charge in [-0.25, -0.2) is 0 Å². The third-order valence-electron chi connectivity index (χ3n) is 8.26. The normalized spacial score (nSPS) is 44.2. The van der Waals surface area contributed by atoms with Crippen LogP contribution in [0.4, 0.5) is 0 Å². The van der Waals surface area contributed by atoms with Crippen molar-refractivity contribution in [3.05, 3.63) is 21.3 Å². The van der Waals surface area contributed by atoms with Crippen molar-refractivity contribution in [3.63, 3.8) is 0 Å². The number of allylic oxidation sites excluding steroid dienone is 3. The quantitative estimate of drug-likeness (QED) is 0.297. The lowest BCUT2D eigenvalue weighted by Gasteiger charge is -2.57. The van der Waals surface area contributed by atoms with Gasteiger partial charge in [0.15, 0.2) is 5.11 Å². The lowest BCUT2D eigenvalue weighted by Crippen LogP contribution is -2.52. The van der Waals surface area contributed by atoms with Crippen LogP contribution in [0.1, 0.15) is 65.7 Å². The molecule has 2 nitrogen and oxygen atoms in total. The zero-order valence-corrected chi connectivity index (χ0v) is 19.4. The molecule has 0 aromatic carbocycles. The number of hydrogen-bond acceptors (Lipinski definition) is 1. The van der Waals surface area contributed by atoms with Crippen LogP contribution >= 0.6 is 34.8 Å². The number of nitrogens with one attached hydrogen (secondary N) is 2. The number of rotatable bonds is 2. The lowest BCUT2D eigenvalue weighted by molar-refractivity contribution is -0.0155. The molecule has 0 amide bonds. The van der Waals surface area contributed by atoms with Gasteiger partial charge in [-0.3, -0.25) is 0 Å². The molecule has 0 saturated heterocycles. The molecule has 2 saturated carbocycles. The van der Waals surface area contributed by atoms with Crippen molar-refractivity contribution >= 4 is 39.9 Å². The minimum Gasteiger partial charge on any atom is -0.363 e. The average molecular weight is 484 g/mol. The maximum atomic E-state index is 5.43. The van der Waals surface area contributed by atoms with Crippen molar-refractivity contribution in [1.29, 1.82) is 0 Å². The second-order valence-corrected chi connectivity index (χ2v) is 11.0. The molecule has 144 valence electrons. The highest BCUT2D eigenvalue weighted by Crippen LogP contribution is 2.65. The Labute approximate surface area is 178 Å². The Hall–Kier alpha value is -0.100. The molecule has 2 fully saturated rings. The Balaban J connectivity index is 1.52. The lowest BCUT2D eigenvalue weighted by atomic mass is 9.48. The molecule has 0 bridgehead atoms. The van der Waals surface area contributed by atoms with Crippen molar-refractivity contribution in [2.75, 3.05) is 6.54 Å². The van der Waals surface area contributed by atoms with Crippen molar-refractivity contribution in [3.8, 4) is 0 Å². The third-order valence-corrected chi connectivity index (χ3v) is 10.2. The van der Waals surface area contributed by atoms with Crippen LogP contribution in [0, 0.1) is 28.6 Å². The fraction of sp³-hybridized carbons (Fsp3) is 0.773. The van der Waals surface area contributed by atoms with Gasteiger partial charge in [-0.15, -0.1) is 0 Å². The predicted octanol–water partition coefficient (Wildman–Crippen LogP) is 5.73. The third kappa shape index (κ3) is 2.98. The fourth-order valence-electron chi connectivity index (χ4n) is 6.70. The summed E-state index contributed by atoms with van der Waals surface area (Å²) in [6.07, 6.45) is 14.4. The molecule has 4 aliphatic rings. The Morgan fingerprint density at radius 3 is 2.69 bits per heavy atom. The van der Waals surface area contributed by atoms with E-state index in [9.17, 15) is 0 Å². The summed E-state index contributed by atoms with van der Waals surface area (Å²) in [6.45, 7) is 8.13. The van der Waals surface area contributed by atoms with Crippen LogP contribution in [0.25, 0.3) is 0 Å². The van der Waals surface area contributed by atoms with Crippen LogP contribution in [0.5, 0.6) is 0 Å². The van der Waals surface area contributed by atoms with Gasteiger partial charge in [-0.05, 0) is 113 Å². The van der Waals surface area contributed by atoms with Crippen LogP contribution in [0.3, 0.4) is 0 Å². The summed E-state index contributed by atoms with van der Waals surface area (Å²) >= 11 is 8.05. The van der Waals surface area contributed by atoms with Crippen molar-refractivity contribution in [2.45, 2.75) is 71.8 Å². The molecule has 4 heteroatoms. The van der Waals surface area contributed by atoms with E-state index in [2.05, 4.69) is 66.1 Å². The largest absolute Gasteiger partial charge is 0.363 e. The van der Waals surface area contributed by atoms with E-state index in [0.717, 1.165) is 29.4 Å². The summed E-state index contributed by atoms with van der Waals surface area (Å²) in [5.74, 6) is 2.65. The van der Waals surface area contributed by atoms with Gasteiger partial charge in [0.1, 0.15) is 0 Å². The molecule has 0 unspecified atom stereocenters. The van der Waals surface area contributed by atoms with E-state index in [1.165, 1.54) is 44.9 Å². The van der Waals surface area contributed by atoms with E-state index < -0.39 is 0 Å². The van der Waals surface area contributed by atoms with Gasteiger partial charge in [0, 0.05) is 18.0 Å². The van der Waals surface area contributed by atoms with Gasteiger partial charge in [0.2, 0.25) is 0 Å². The minimum atomic E-state index is 0.427. The number of thiocarbonyl (C=S) groups is 1. The van der Waals surface area contributed by atoms with Gasteiger partial charge in [-0.2, -0.15) is 0 Å². The Bertz CT molecular complexity index is 657. The van der Waals surface area contributed by atoms with Crippen molar-refractivity contribution in [2.24, 2.45) is 28.6 Å². The van der Waals surface area contributed by atoms with Crippen LogP contribution in [-0.2, 0) is 0 Å². The van der Waals surface area contributed by atoms with Gasteiger partial charge < -0.3 is 10.6 Å². The first-order valence-electron chi connectivity index (χ1n) is 10.5. The zero-order valence-electron chi connectivity index (χ0n) is 16.4. The molecule has 0 aromatic heterocycles. The summed E-state index contributed by atoms with van der Waals surface area (Å²) in [4.78, 5) is 0.